The highest BCUT2D eigenvalue weighted by molar-refractivity contribution is 9.10. The monoisotopic (exact) mass is 340 g/mol. The van der Waals surface area contributed by atoms with E-state index in [1.165, 1.54) is 5.56 Å². The SMILES string of the molecule is Brc1ccc(N(Cc2ccccc2)[n+]2ccccc2)nc1. The Kier molecular flexibility index (Phi) is 4.26. The molecule has 0 unspecified atom stereocenters. The quantitative estimate of drug-likeness (QED) is 0.676. The summed E-state index contributed by atoms with van der Waals surface area (Å²) in [6.07, 6.45) is 5.86. The van der Waals surface area contributed by atoms with Crippen LogP contribution in [0.1, 0.15) is 5.56 Å². The van der Waals surface area contributed by atoms with Crippen LogP contribution in [-0.4, -0.2) is 4.98 Å². The average Bonchev–Trinajstić information content (AvgIpc) is 2.55. The van der Waals surface area contributed by atoms with Crippen LogP contribution in [0.2, 0.25) is 0 Å². The molecule has 0 aliphatic carbocycles. The molecule has 0 radical (unpaired) electrons. The number of anilines is 1. The van der Waals surface area contributed by atoms with Crippen molar-refractivity contribution >= 4 is 21.7 Å². The number of halogens is 1. The van der Waals surface area contributed by atoms with E-state index in [4.69, 9.17) is 0 Å². The fourth-order valence-electron chi connectivity index (χ4n) is 2.11. The first-order valence-corrected chi connectivity index (χ1v) is 7.52. The van der Waals surface area contributed by atoms with E-state index in [9.17, 15) is 0 Å². The third-order valence-electron chi connectivity index (χ3n) is 3.13. The van der Waals surface area contributed by atoms with Crippen LogP contribution < -0.4 is 9.69 Å². The molecule has 21 heavy (non-hydrogen) atoms. The molecule has 0 atom stereocenters. The summed E-state index contributed by atoms with van der Waals surface area (Å²) in [7, 11) is 0. The molecule has 0 saturated carbocycles. The number of hydrogen-bond acceptors (Lipinski definition) is 2. The molecule has 4 heteroatoms. The van der Waals surface area contributed by atoms with E-state index in [1.807, 2.05) is 59.7 Å². The minimum absolute atomic E-state index is 0.754. The number of aromatic nitrogens is 2. The van der Waals surface area contributed by atoms with Crippen molar-refractivity contribution in [3.05, 3.63) is 89.3 Å². The van der Waals surface area contributed by atoms with Crippen molar-refractivity contribution in [2.75, 3.05) is 5.01 Å². The van der Waals surface area contributed by atoms with E-state index < -0.39 is 0 Å². The normalized spacial score (nSPS) is 10.3. The third kappa shape index (κ3) is 3.47. The number of nitrogens with zero attached hydrogens (tertiary/aromatic N) is 3. The molecule has 0 amide bonds. The Morgan fingerprint density at radius 2 is 1.62 bits per heavy atom. The molecule has 0 fully saturated rings. The molecular formula is C17H15BrN3+. The molecule has 0 aliphatic rings. The fourth-order valence-corrected chi connectivity index (χ4v) is 2.34. The Bertz CT molecular complexity index is 684. The lowest BCUT2D eigenvalue weighted by Gasteiger charge is -2.16. The van der Waals surface area contributed by atoms with Crippen molar-refractivity contribution in [1.29, 1.82) is 0 Å². The van der Waals surface area contributed by atoms with Gasteiger partial charge in [0.05, 0.1) is 0 Å². The minimum atomic E-state index is 0.754. The second kappa shape index (κ2) is 6.50. The van der Waals surface area contributed by atoms with Gasteiger partial charge in [-0.25, -0.2) is 4.98 Å². The van der Waals surface area contributed by atoms with E-state index in [2.05, 4.69) is 50.2 Å². The van der Waals surface area contributed by atoms with Crippen LogP contribution in [0, 0.1) is 0 Å². The van der Waals surface area contributed by atoms with Crippen molar-refractivity contribution < 1.29 is 4.68 Å². The molecule has 0 bridgehead atoms. The van der Waals surface area contributed by atoms with Crippen LogP contribution in [0.15, 0.2) is 83.7 Å². The van der Waals surface area contributed by atoms with Crippen molar-refractivity contribution in [3.8, 4) is 0 Å². The van der Waals surface area contributed by atoms with Crippen LogP contribution >= 0.6 is 15.9 Å². The highest BCUT2D eigenvalue weighted by atomic mass is 79.9. The minimum Gasteiger partial charge on any atom is -0.233 e. The molecule has 1 aromatic carbocycles. The van der Waals surface area contributed by atoms with Crippen LogP contribution in [0.5, 0.6) is 0 Å². The summed E-state index contributed by atoms with van der Waals surface area (Å²) in [4.78, 5) is 4.51. The maximum absolute atomic E-state index is 4.51. The second-order valence-electron chi connectivity index (χ2n) is 4.63. The maximum Gasteiger partial charge on any atom is 0.200 e. The van der Waals surface area contributed by atoms with Crippen LogP contribution in [0.25, 0.3) is 0 Å². The molecule has 0 N–H and O–H groups in total. The Hall–Kier alpha value is -2.20. The fraction of sp³-hybridized carbons (Fsp3) is 0.0588. The number of hydrogen-bond donors (Lipinski definition) is 0. The van der Waals surface area contributed by atoms with Gasteiger partial charge in [0.1, 0.15) is 6.54 Å². The van der Waals surface area contributed by atoms with Gasteiger partial charge in [-0.3, -0.25) is 0 Å². The van der Waals surface area contributed by atoms with Crippen molar-refractivity contribution in [1.82, 2.24) is 4.98 Å². The van der Waals surface area contributed by atoms with Gasteiger partial charge >= 0.3 is 0 Å². The number of rotatable bonds is 4. The molecule has 0 spiro atoms. The van der Waals surface area contributed by atoms with Gasteiger partial charge in [-0.15, -0.1) is 5.01 Å². The average molecular weight is 341 g/mol. The molecule has 3 rings (SSSR count). The lowest BCUT2D eigenvalue weighted by atomic mass is 10.2. The Morgan fingerprint density at radius 3 is 2.29 bits per heavy atom. The smallest absolute Gasteiger partial charge is 0.200 e. The predicted molar refractivity (Wildman–Crippen MR) is 86.6 cm³/mol. The summed E-state index contributed by atoms with van der Waals surface area (Å²) in [5.41, 5.74) is 1.23. The lowest BCUT2D eigenvalue weighted by Crippen LogP contribution is -2.53. The summed E-state index contributed by atoms with van der Waals surface area (Å²) in [6.45, 7) is 0.754. The molecule has 0 aliphatic heterocycles. The van der Waals surface area contributed by atoms with Crippen molar-refractivity contribution in [2.24, 2.45) is 0 Å². The number of benzene rings is 1. The van der Waals surface area contributed by atoms with Crippen LogP contribution in [0.4, 0.5) is 5.82 Å². The van der Waals surface area contributed by atoms with E-state index in [0.29, 0.717) is 0 Å². The van der Waals surface area contributed by atoms with Crippen molar-refractivity contribution in [3.63, 3.8) is 0 Å². The molecule has 3 aromatic rings. The van der Waals surface area contributed by atoms with Crippen LogP contribution in [-0.2, 0) is 6.54 Å². The molecule has 2 aromatic heterocycles. The summed E-state index contributed by atoms with van der Waals surface area (Å²) < 4.78 is 3.02. The largest absolute Gasteiger partial charge is 0.233 e. The molecule has 104 valence electrons. The summed E-state index contributed by atoms with van der Waals surface area (Å²) in [5, 5.41) is 2.13. The Labute approximate surface area is 132 Å². The molecule has 3 nitrogen and oxygen atoms in total. The standard InChI is InChI=1S/C17H15BrN3/c18-16-9-10-17(19-13-16)21(20-11-5-2-6-12-20)14-15-7-3-1-4-8-15/h1-13H,14H2/q+1. The summed E-state index contributed by atoms with van der Waals surface area (Å²) in [6, 6.07) is 20.4. The van der Waals surface area contributed by atoms with Crippen LogP contribution in [0.3, 0.4) is 0 Å². The molecule has 0 saturated heterocycles. The Balaban J connectivity index is 1.97. The maximum atomic E-state index is 4.51. The first-order chi connectivity index (χ1) is 10.3. The van der Waals surface area contributed by atoms with E-state index in [-0.39, 0.29) is 0 Å². The molecule has 2 heterocycles. The summed E-state index contributed by atoms with van der Waals surface area (Å²) >= 11 is 3.43. The van der Waals surface area contributed by atoms with Gasteiger partial charge in [0.2, 0.25) is 0 Å². The zero-order valence-electron chi connectivity index (χ0n) is 11.4. The summed E-state index contributed by atoms with van der Waals surface area (Å²) in [5.74, 6) is 0.901. The van der Waals surface area contributed by atoms with E-state index in [1.54, 1.807) is 0 Å². The van der Waals surface area contributed by atoms with Gasteiger partial charge in [0, 0.05) is 22.8 Å². The van der Waals surface area contributed by atoms with Gasteiger partial charge in [-0.1, -0.05) is 41.1 Å². The first kappa shape index (κ1) is 13.8. The molecular weight excluding hydrogens is 326 g/mol. The lowest BCUT2D eigenvalue weighted by molar-refractivity contribution is -0.686. The van der Waals surface area contributed by atoms with Gasteiger partial charge in [0.25, 0.3) is 0 Å². The first-order valence-electron chi connectivity index (χ1n) is 6.72. The van der Waals surface area contributed by atoms with Gasteiger partial charge < -0.3 is 0 Å². The number of pyridine rings is 2. The van der Waals surface area contributed by atoms with Gasteiger partial charge in [0.15, 0.2) is 18.2 Å². The topological polar surface area (TPSA) is 20.0 Å². The second-order valence-corrected chi connectivity index (χ2v) is 5.55. The highest BCUT2D eigenvalue weighted by Gasteiger charge is 2.17. The Morgan fingerprint density at radius 1 is 0.905 bits per heavy atom. The van der Waals surface area contributed by atoms with E-state index in [0.717, 1.165) is 16.8 Å². The van der Waals surface area contributed by atoms with Gasteiger partial charge in [-0.05, 0) is 33.6 Å². The van der Waals surface area contributed by atoms with Gasteiger partial charge in [-0.2, -0.15) is 0 Å². The zero-order chi connectivity index (χ0) is 14.5. The third-order valence-corrected chi connectivity index (χ3v) is 3.60. The predicted octanol–water partition coefficient (Wildman–Crippen LogP) is 3.60. The van der Waals surface area contributed by atoms with Crippen molar-refractivity contribution in [2.45, 2.75) is 6.54 Å². The van der Waals surface area contributed by atoms with E-state index >= 15 is 0 Å². The zero-order valence-corrected chi connectivity index (χ0v) is 13.0. The highest BCUT2D eigenvalue weighted by Crippen LogP contribution is 2.15.